The minimum absolute atomic E-state index is 0.156. The van der Waals surface area contributed by atoms with Crippen LogP contribution in [0.3, 0.4) is 0 Å². The Morgan fingerprint density at radius 3 is 2.69 bits per heavy atom. The molecule has 1 rings (SSSR count). The Balaban J connectivity index is 3.27. The predicted octanol–water partition coefficient (Wildman–Crippen LogP) is 1.51. The van der Waals surface area contributed by atoms with E-state index in [2.05, 4.69) is 4.98 Å². The number of aromatic nitrogens is 1. The highest BCUT2D eigenvalue weighted by atomic mass is 19.3. The second-order valence-corrected chi connectivity index (χ2v) is 2.23. The molecule has 1 aromatic heterocycles. The topological polar surface area (TPSA) is 82.0 Å². The minimum Gasteiger partial charge on any atom is -0.383 e. The van der Waals surface area contributed by atoms with E-state index < -0.39 is 22.6 Å². The molecule has 1 heterocycles. The van der Waals surface area contributed by atoms with Crippen molar-refractivity contribution < 1.29 is 13.7 Å². The van der Waals surface area contributed by atoms with Crippen molar-refractivity contribution in [1.29, 1.82) is 0 Å². The molecule has 2 N–H and O–H groups in total. The minimum atomic E-state index is -2.92. The Morgan fingerprint density at radius 2 is 2.23 bits per heavy atom. The zero-order valence-corrected chi connectivity index (χ0v) is 6.28. The molecule has 13 heavy (non-hydrogen) atoms. The van der Waals surface area contributed by atoms with Crippen molar-refractivity contribution in [1.82, 2.24) is 4.98 Å². The lowest BCUT2D eigenvalue weighted by Crippen LogP contribution is -1.99. The van der Waals surface area contributed by atoms with E-state index in [1.165, 1.54) is 0 Å². The Kier molecular flexibility index (Phi) is 2.36. The van der Waals surface area contributed by atoms with E-state index in [1.54, 1.807) is 0 Å². The van der Waals surface area contributed by atoms with Crippen LogP contribution in [0.1, 0.15) is 12.0 Å². The Morgan fingerprint density at radius 1 is 1.62 bits per heavy atom. The molecule has 0 aliphatic rings. The summed E-state index contributed by atoms with van der Waals surface area (Å²) in [4.78, 5) is 12.7. The van der Waals surface area contributed by atoms with Crippen LogP contribution < -0.4 is 5.73 Å². The van der Waals surface area contributed by atoms with E-state index in [4.69, 9.17) is 5.73 Å². The number of nitrogens with zero attached hydrogens (tertiary/aromatic N) is 2. The molecule has 0 spiro atoms. The van der Waals surface area contributed by atoms with Gasteiger partial charge in [-0.2, -0.15) is 0 Å². The molecule has 1 aromatic rings. The summed E-state index contributed by atoms with van der Waals surface area (Å²) in [6.45, 7) is 0. The first-order valence-electron chi connectivity index (χ1n) is 3.20. The fourth-order valence-corrected chi connectivity index (χ4v) is 0.797. The van der Waals surface area contributed by atoms with Crippen LogP contribution in [0.4, 0.5) is 20.3 Å². The van der Waals surface area contributed by atoms with Gasteiger partial charge in [-0.3, -0.25) is 10.1 Å². The lowest BCUT2D eigenvalue weighted by molar-refractivity contribution is -0.386. The van der Waals surface area contributed by atoms with Gasteiger partial charge in [-0.05, 0) is 0 Å². The molecular weight excluding hydrogens is 184 g/mol. The standard InChI is InChI=1S/C6H5F2N3O2/c7-6(8)3-2-10-5(9)1-4(3)11(12)13/h1-2,6H,(H2,9,10). The first-order valence-corrected chi connectivity index (χ1v) is 3.20. The number of halogens is 2. The molecule has 5 nitrogen and oxygen atoms in total. The highest BCUT2D eigenvalue weighted by Gasteiger charge is 2.22. The maximum atomic E-state index is 12.1. The fraction of sp³-hybridized carbons (Fsp3) is 0.167. The number of nitro groups is 1. The van der Waals surface area contributed by atoms with E-state index in [9.17, 15) is 18.9 Å². The SMILES string of the molecule is Nc1cc([N+](=O)[O-])c(C(F)F)cn1. The molecule has 7 heteroatoms. The van der Waals surface area contributed by atoms with Gasteiger partial charge in [-0.25, -0.2) is 13.8 Å². The summed E-state index contributed by atoms with van der Waals surface area (Å²) in [5.41, 5.74) is 3.68. The van der Waals surface area contributed by atoms with Crippen LogP contribution in [-0.4, -0.2) is 9.91 Å². The van der Waals surface area contributed by atoms with Crippen molar-refractivity contribution in [3.8, 4) is 0 Å². The number of alkyl halides is 2. The van der Waals surface area contributed by atoms with Crippen molar-refractivity contribution in [3.05, 3.63) is 27.9 Å². The predicted molar refractivity (Wildman–Crippen MR) is 40.3 cm³/mol. The van der Waals surface area contributed by atoms with Crippen LogP contribution in [0, 0.1) is 10.1 Å². The second-order valence-electron chi connectivity index (χ2n) is 2.23. The number of anilines is 1. The fourth-order valence-electron chi connectivity index (χ4n) is 0.797. The van der Waals surface area contributed by atoms with Gasteiger partial charge in [0.15, 0.2) is 0 Å². The summed E-state index contributed by atoms with van der Waals surface area (Å²) in [7, 11) is 0. The molecular formula is C6H5F2N3O2. The third-order valence-electron chi connectivity index (χ3n) is 1.36. The van der Waals surface area contributed by atoms with Gasteiger partial charge < -0.3 is 5.73 Å². The van der Waals surface area contributed by atoms with Crippen LogP contribution in [-0.2, 0) is 0 Å². The molecule has 0 aliphatic carbocycles. The Labute approximate surface area is 71.3 Å². The zero-order chi connectivity index (χ0) is 10.0. The molecule has 0 atom stereocenters. The third-order valence-corrected chi connectivity index (χ3v) is 1.36. The molecule has 0 saturated carbocycles. The van der Waals surface area contributed by atoms with E-state index in [-0.39, 0.29) is 5.82 Å². The average molecular weight is 189 g/mol. The van der Waals surface area contributed by atoms with Crippen molar-refractivity contribution in [2.24, 2.45) is 0 Å². The number of hydrogen-bond donors (Lipinski definition) is 1. The lowest BCUT2D eigenvalue weighted by atomic mass is 10.2. The van der Waals surface area contributed by atoms with Gasteiger partial charge >= 0.3 is 0 Å². The first-order chi connectivity index (χ1) is 6.02. The van der Waals surface area contributed by atoms with Gasteiger partial charge in [0.1, 0.15) is 11.4 Å². The van der Waals surface area contributed by atoms with Crippen LogP contribution >= 0.6 is 0 Å². The molecule has 0 bridgehead atoms. The smallest absolute Gasteiger partial charge is 0.283 e. The summed E-state index contributed by atoms with van der Waals surface area (Å²) in [6, 6.07) is 0.807. The average Bonchev–Trinajstić information content (AvgIpc) is 2.03. The maximum absolute atomic E-state index is 12.1. The van der Waals surface area contributed by atoms with Gasteiger partial charge in [0.2, 0.25) is 0 Å². The van der Waals surface area contributed by atoms with Crippen LogP contribution in [0.5, 0.6) is 0 Å². The van der Waals surface area contributed by atoms with E-state index >= 15 is 0 Å². The number of hydrogen-bond acceptors (Lipinski definition) is 4. The second kappa shape index (κ2) is 3.30. The van der Waals surface area contributed by atoms with Crippen molar-refractivity contribution >= 4 is 11.5 Å². The molecule has 70 valence electrons. The van der Waals surface area contributed by atoms with Gasteiger partial charge in [0.25, 0.3) is 12.1 Å². The summed E-state index contributed by atoms with van der Waals surface area (Å²) in [5, 5.41) is 10.3. The lowest BCUT2D eigenvalue weighted by Gasteiger charge is -2.00. The quantitative estimate of drug-likeness (QED) is 0.564. The Hall–Kier alpha value is -1.79. The third kappa shape index (κ3) is 1.86. The van der Waals surface area contributed by atoms with Crippen LogP contribution in [0.15, 0.2) is 12.3 Å². The Bertz CT molecular complexity index is 343. The number of nitrogen functional groups attached to an aromatic ring is 1. The maximum Gasteiger partial charge on any atom is 0.283 e. The summed E-state index contributed by atoms with van der Waals surface area (Å²) < 4.78 is 24.3. The number of nitrogens with two attached hydrogens (primary N) is 1. The molecule has 0 aromatic carbocycles. The van der Waals surface area contributed by atoms with Crippen molar-refractivity contribution in [2.75, 3.05) is 5.73 Å². The first kappa shape index (κ1) is 9.30. The number of pyridine rings is 1. The largest absolute Gasteiger partial charge is 0.383 e. The van der Waals surface area contributed by atoms with E-state index in [0.717, 1.165) is 6.07 Å². The molecule has 0 saturated heterocycles. The molecule has 0 unspecified atom stereocenters. The summed E-state index contributed by atoms with van der Waals surface area (Å²) in [5.74, 6) is -0.156. The monoisotopic (exact) mass is 189 g/mol. The van der Waals surface area contributed by atoms with Crippen LogP contribution in [0.25, 0.3) is 0 Å². The van der Waals surface area contributed by atoms with Gasteiger partial charge in [0.05, 0.1) is 11.0 Å². The van der Waals surface area contributed by atoms with Crippen molar-refractivity contribution in [3.63, 3.8) is 0 Å². The van der Waals surface area contributed by atoms with E-state index in [1.807, 2.05) is 0 Å². The van der Waals surface area contributed by atoms with Crippen LogP contribution in [0.2, 0.25) is 0 Å². The molecule has 0 radical (unpaired) electrons. The molecule has 0 amide bonds. The van der Waals surface area contributed by atoms with Gasteiger partial charge in [-0.15, -0.1) is 0 Å². The molecule has 0 aliphatic heterocycles. The normalized spacial score (nSPS) is 10.4. The van der Waals surface area contributed by atoms with E-state index in [0.29, 0.717) is 6.20 Å². The van der Waals surface area contributed by atoms with Crippen molar-refractivity contribution in [2.45, 2.75) is 6.43 Å². The molecule has 0 fully saturated rings. The van der Waals surface area contributed by atoms with Gasteiger partial charge in [-0.1, -0.05) is 0 Å². The highest BCUT2D eigenvalue weighted by Crippen LogP contribution is 2.28. The van der Waals surface area contributed by atoms with Gasteiger partial charge in [0, 0.05) is 6.20 Å². The number of rotatable bonds is 2. The summed E-state index contributed by atoms with van der Waals surface area (Å²) in [6.07, 6.45) is -2.22. The highest BCUT2D eigenvalue weighted by molar-refractivity contribution is 5.47. The zero-order valence-electron chi connectivity index (χ0n) is 6.28. The summed E-state index contributed by atoms with van der Waals surface area (Å²) >= 11 is 0.